The van der Waals surface area contributed by atoms with Crippen LogP contribution < -0.4 is 0 Å². The van der Waals surface area contributed by atoms with Gasteiger partial charge in [-0.3, -0.25) is 0 Å². The number of rotatable bonds is 3. The zero-order valence-electron chi connectivity index (χ0n) is 7.01. The Labute approximate surface area is 85.3 Å². The van der Waals surface area contributed by atoms with Crippen LogP contribution in [0.2, 0.25) is 0 Å². The van der Waals surface area contributed by atoms with Gasteiger partial charge < -0.3 is 5.11 Å². The molecule has 0 aliphatic heterocycles. The maximum absolute atomic E-state index is 9.28. The van der Waals surface area contributed by atoms with Gasteiger partial charge in [0, 0.05) is 9.75 Å². The Morgan fingerprint density at radius 1 is 1.08 bits per heavy atom. The smallest absolute Gasteiger partial charge is 0.0556 e. The highest BCUT2D eigenvalue weighted by Crippen LogP contribution is 2.30. The van der Waals surface area contributed by atoms with E-state index in [2.05, 4.69) is 12.1 Å². The van der Waals surface area contributed by atoms with Crippen molar-refractivity contribution in [1.82, 2.24) is 0 Å². The SMILES string of the molecule is OCC(c1cccs1)c1cccs1. The average Bonchev–Trinajstić information content (AvgIpc) is 2.76. The molecule has 1 nitrogen and oxygen atoms in total. The molecule has 0 aliphatic rings. The van der Waals surface area contributed by atoms with Crippen LogP contribution >= 0.6 is 22.7 Å². The van der Waals surface area contributed by atoms with Gasteiger partial charge in [-0.25, -0.2) is 0 Å². The van der Waals surface area contributed by atoms with Crippen LogP contribution in [0.15, 0.2) is 35.0 Å². The first-order valence-corrected chi connectivity index (χ1v) is 5.85. The van der Waals surface area contributed by atoms with E-state index in [9.17, 15) is 5.11 Å². The lowest BCUT2D eigenvalue weighted by molar-refractivity contribution is 0.283. The van der Waals surface area contributed by atoms with E-state index in [-0.39, 0.29) is 12.5 Å². The molecule has 2 aromatic heterocycles. The van der Waals surface area contributed by atoms with Crippen LogP contribution in [0.3, 0.4) is 0 Å². The van der Waals surface area contributed by atoms with Gasteiger partial charge in [0.05, 0.1) is 12.5 Å². The van der Waals surface area contributed by atoms with Gasteiger partial charge in [0.15, 0.2) is 0 Å². The first kappa shape index (κ1) is 8.94. The lowest BCUT2D eigenvalue weighted by Crippen LogP contribution is -2.01. The third-order valence-electron chi connectivity index (χ3n) is 1.96. The number of hydrogen-bond donors (Lipinski definition) is 1. The van der Waals surface area contributed by atoms with Crippen LogP contribution in [0.1, 0.15) is 15.7 Å². The van der Waals surface area contributed by atoms with Crippen molar-refractivity contribution in [3.63, 3.8) is 0 Å². The summed E-state index contributed by atoms with van der Waals surface area (Å²) in [6.07, 6.45) is 0. The summed E-state index contributed by atoms with van der Waals surface area (Å²) in [5.41, 5.74) is 0. The molecule has 3 heteroatoms. The van der Waals surface area contributed by atoms with Gasteiger partial charge in [0.1, 0.15) is 0 Å². The Morgan fingerprint density at radius 3 is 1.92 bits per heavy atom. The topological polar surface area (TPSA) is 20.2 Å². The van der Waals surface area contributed by atoms with Gasteiger partial charge in [-0.2, -0.15) is 0 Å². The molecule has 0 fully saturated rings. The maximum atomic E-state index is 9.28. The van der Waals surface area contributed by atoms with E-state index < -0.39 is 0 Å². The highest BCUT2D eigenvalue weighted by Gasteiger charge is 2.14. The lowest BCUT2D eigenvalue weighted by Gasteiger charge is -2.08. The molecule has 0 amide bonds. The minimum absolute atomic E-state index is 0.181. The van der Waals surface area contributed by atoms with Gasteiger partial charge in [0.2, 0.25) is 0 Å². The molecule has 13 heavy (non-hydrogen) atoms. The fourth-order valence-corrected chi connectivity index (χ4v) is 3.05. The molecule has 68 valence electrons. The van der Waals surface area contributed by atoms with E-state index in [1.807, 2.05) is 22.9 Å². The average molecular weight is 210 g/mol. The summed E-state index contributed by atoms with van der Waals surface area (Å²) >= 11 is 3.40. The van der Waals surface area contributed by atoms with Crippen LogP contribution in [0, 0.1) is 0 Å². The van der Waals surface area contributed by atoms with Crippen molar-refractivity contribution in [2.45, 2.75) is 5.92 Å². The van der Waals surface area contributed by atoms with Gasteiger partial charge >= 0.3 is 0 Å². The number of thiophene rings is 2. The van der Waals surface area contributed by atoms with Gasteiger partial charge in [-0.05, 0) is 22.9 Å². The molecule has 0 saturated heterocycles. The van der Waals surface area contributed by atoms with E-state index in [0.717, 1.165) is 0 Å². The molecule has 2 rings (SSSR count). The van der Waals surface area contributed by atoms with Crippen molar-refractivity contribution in [3.05, 3.63) is 44.8 Å². The first-order chi connectivity index (χ1) is 6.42. The number of aliphatic hydroxyl groups is 1. The summed E-state index contributed by atoms with van der Waals surface area (Å²) in [5, 5.41) is 13.4. The molecule has 2 heterocycles. The summed E-state index contributed by atoms with van der Waals surface area (Å²) in [6.45, 7) is 0.195. The standard InChI is InChI=1S/C10H10OS2/c11-7-8(9-3-1-5-12-9)10-4-2-6-13-10/h1-6,8,11H,7H2. The van der Waals surface area contributed by atoms with E-state index >= 15 is 0 Å². The van der Waals surface area contributed by atoms with Crippen LogP contribution in [0.5, 0.6) is 0 Å². The second kappa shape index (κ2) is 4.05. The van der Waals surface area contributed by atoms with Crippen LogP contribution in [0.25, 0.3) is 0 Å². The maximum Gasteiger partial charge on any atom is 0.0556 e. The van der Waals surface area contributed by atoms with E-state index in [0.29, 0.717) is 0 Å². The van der Waals surface area contributed by atoms with Crippen LogP contribution in [0.4, 0.5) is 0 Å². The van der Waals surface area contributed by atoms with Crippen molar-refractivity contribution < 1.29 is 5.11 Å². The van der Waals surface area contributed by atoms with Gasteiger partial charge in [-0.15, -0.1) is 22.7 Å². The molecule has 0 spiro atoms. The highest BCUT2D eigenvalue weighted by molar-refractivity contribution is 7.11. The summed E-state index contributed by atoms with van der Waals surface area (Å²) in [5.74, 6) is 0.181. The van der Waals surface area contributed by atoms with Gasteiger partial charge in [-0.1, -0.05) is 12.1 Å². The highest BCUT2D eigenvalue weighted by atomic mass is 32.1. The molecule has 0 bridgehead atoms. The second-order valence-electron chi connectivity index (χ2n) is 2.77. The minimum atomic E-state index is 0.181. The van der Waals surface area contributed by atoms with Crippen molar-refractivity contribution >= 4 is 22.7 Å². The summed E-state index contributed by atoms with van der Waals surface area (Å²) < 4.78 is 0. The second-order valence-corrected chi connectivity index (χ2v) is 4.72. The Bertz CT molecular complexity index is 303. The normalized spacial score (nSPS) is 10.9. The predicted octanol–water partition coefficient (Wildman–Crippen LogP) is 2.93. The molecular formula is C10H10OS2. The number of hydrogen-bond acceptors (Lipinski definition) is 3. The zero-order chi connectivity index (χ0) is 9.10. The fraction of sp³-hybridized carbons (Fsp3) is 0.200. The zero-order valence-corrected chi connectivity index (χ0v) is 8.65. The van der Waals surface area contributed by atoms with E-state index in [1.54, 1.807) is 22.7 Å². The van der Waals surface area contributed by atoms with E-state index in [1.165, 1.54) is 9.75 Å². The van der Waals surface area contributed by atoms with Crippen LogP contribution in [-0.2, 0) is 0 Å². The van der Waals surface area contributed by atoms with Crippen LogP contribution in [-0.4, -0.2) is 11.7 Å². The Balaban J connectivity index is 2.29. The van der Waals surface area contributed by atoms with Crippen molar-refractivity contribution in [2.75, 3.05) is 6.61 Å². The van der Waals surface area contributed by atoms with Gasteiger partial charge in [0.25, 0.3) is 0 Å². The summed E-state index contributed by atoms with van der Waals surface area (Å²) in [7, 11) is 0. The molecule has 0 atom stereocenters. The molecule has 1 N–H and O–H groups in total. The monoisotopic (exact) mass is 210 g/mol. The predicted molar refractivity (Wildman–Crippen MR) is 57.6 cm³/mol. The Kier molecular flexibility index (Phi) is 2.78. The quantitative estimate of drug-likeness (QED) is 0.826. The number of aliphatic hydroxyl groups excluding tert-OH is 1. The summed E-state index contributed by atoms with van der Waals surface area (Å²) in [4.78, 5) is 2.48. The first-order valence-electron chi connectivity index (χ1n) is 4.09. The van der Waals surface area contributed by atoms with Crippen molar-refractivity contribution in [1.29, 1.82) is 0 Å². The molecule has 0 aromatic carbocycles. The van der Waals surface area contributed by atoms with E-state index in [4.69, 9.17) is 0 Å². The molecule has 0 unspecified atom stereocenters. The lowest BCUT2D eigenvalue weighted by atomic mass is 10.1. The fourth-order valence-electron chi connectivity index (χ4n) is 1.30. The minimum Gasteiger partial charge on any atom is -0.395 e. The Hall–Kier alpha value is -0.640. The molecular weight excluding hydrogens is 200 g/mol. The third kappa shape index (κ3) is 1.82. The molecule has 0 radical (unpaired) electrons. The van der Waals surface area contributed by atoms with Crippen molar-refractivity contribution in [2.24, 2.45) is 0 Å². The molecule has 2 aromatic rings. The third-order valence-corrected chi connectivity index (χ3v) is 3.93. The largest absolute Gasteiger partial charge is 0.395 e. The summed E-state index contributed by atoms with van der Waals surface area (Å²) in [6, 6.07) is 8.20. The van der Waals surface area contributed by atoms with Crippen molar-refractivity contribution in [3.8, 4) is 0 Å². The molecule has 0 saturated carbocycles. The Morgan fingerprint density at radius 2 is 1.62 bits per heavy atom. The molecule has 0 aliphatic carbocycles.